The minimum Gasteiger partial charge on any atom is -0.494 e. The summed E-state index contributed by atoms with van der Waals surface area (Å²) in [5.74, 6) is 0.509. The van der Waals surface area contributed by atoms with Gasteiger partial charge in [0.05, 0.1) is 13.2 Å². The number of ether oxygens (including phenoxy) is 3. The van der Waals surface area contributed by atoms with Crippen LogP contribution in [-0.2, 0) is 20.7 Å². The zero-order chi connectivity index (χ0) is 16.0. The van der Waals surface area contributed by atoms with Crippen molar-refractivity contribution >= 4 is 5.97 Å². The molecular weight excluding hydrogens is 280 g/mol. The maximum Gasteiger partial charge on any atom is 0.330 e. The van der Waals surface area contributed by atoms with Crippen molar-refractivity contribution in [3.63, 3.8) is 0 Å². The van der Waals surface area contributed by atoms with E-state index >= 15 is 0 Å². The molecule has 0 saturated heterocycles. The molecule has 1 rings (SSSR count). The van der Waals surface area contributed by atoms with Crippen LogP contribution in [0.15, 0.2) is 36.9 Å². The standard InChI is InChI=1S/C18H26O4/c1-3-7-16-8-10-17(11-9-16)21-14-5-12-20-13-6-15-22-18(19)4-2/h4,8-11H,2-3,5-7,12-15H2,1H3. The fraction of sp³-hybridized carbons (Fsp3) is 0.500. The molecule has 0 atom stereocenters. The molecule has 0 unspecified atom stereocenters. The molecule has 0 heterocycles. The Morgan fingerprint density at radius 1 is 1.09 bits per heavy atom. The normalized spacial score (nSPS) is 10.2. The highest BCUT2D eigenvalue weighted by Gasteiger charge is 1.97. The van der Waals surface area contributed by atoms with Crippen LogP contribution in [-0.4, -0.2) is 32.4 Å². The fourth-order valence-corrected chi connectivity index (χ4v) is 1.89. The van der Waals surface area contributed by atoms with Crippen LogP contribution in [0, 0.1) is 0 Å². The molecule has 0 saturated carbocycles. The average Bonchev–Trinajstić information content (AvgIpc) is 2.54. The SMILES string of the molecule is C=CC(=O)OCCCOCCCOc1ccc(CCC)cc1. The van der Waals surface area contributed by atoms with Crippen LogP contribution < -0.4 is 4.74 Å². The molecule has 4 nitrogen and oxygen atoms in total. The third kappa shape index (κ3) is 8.47. The van der Waals surface area contributed by atoms with E-state index in [0.29, 0.717) is 32.8 Å². The van der Waals surface area contributed by atoms with Gasteiger partial charge in [0.2, 0.25) is 0 Å². The van der Waals surface area contributed by atoms with Crippen LogP contribution >= 0.6 is 0 Å². The van der Waals surface area contributed by atoms with Gasteiger partial charge in [-0.25, -0.2) is 4.79 Å². The Labute approximate surface area is 133 Å². The fourth-order valence-electron chi connectivity index (χ4n) is 1.89. The van der Waals surface area contributed by atoms with Crippen LogP contribution in [0.25, 0.3) is 0 Å². The van der Waals surface area contributed by atoms with Gasteiger partial charge in [0, 0.05) is 32.1 Å². The second kappa shape index (κ2) is 11.8. The van der Waals surface area contributed by atoms with E-state index in [1.54, 1.807) is 0 Å². The predicted molar refractivity (Wildman–Crippen MR) is 87.1 cm³/mol. The number of esters is 1. The monoisotopic (exact) mass is 306 g/mol. The molecule has 22 heavy (non-hydrogen) atoms. The first-order valence-corrected chi connectivity index (χ1v) is 7.85. The first-order valence-electron chi connectivity index (χ1n) is 7.85. The van der Waals surface area contributed by atoms with Crippen molar-refractivity contribution in [1.29, 1.82) is 0 Å². The topological polar surface area (TPSA) is 44.8 Å². The van der Waals surface area contributed by atoms with Crippen LogP contribution in [0.3, 0.4) is 0 Å². The first-order chi connectivity index (χ1) is 10.8. The zero-order valence-corrected chi connectivity index (χ0v) is 13.4. The van der Waals surface area contributed by atoms with E-state index < -0.39 is 5.97 Å². The van der Waals surface area contributed by atoms with Crippen molar-refractivity contribution in [1.82, 2.24) is 0 Å². The van der Waals surface area contributed by atoms with Gasteiger partial charge in [-0.15, -0.1) is 0 Å². The largest absolute Gasteiger partial charge is 0.494 e. The minimum absolute atomic E-state index is 0.367. The molecule has 0 aliphatic carbocycles. The van der Waals surface area contributed by atoms with Gasteiger partial charge in [-0.2, -0.15) is 0 Å². The van der Waals surface area contributed by atoms with Gasteiger partial charge in [0.1, 0.15) is 5.75 Å². The predicted octanol–water partition coefficient (Wildman–Crippen LogP) is 3.54. The molecule has 1 aromatic carbocycles. The summed E-state index contributed by atoms with van der Waals surface area (Å²) in [7, 11) is 0. The molecule has 1 aromatic rings. The smallest absolute Gasteiger partial charge is 0.330 e. The van der Waals surface area contributed by atoms with Crippen molar-refractivity contribution in [2.75, 3.05) is 26.4 Å². The first kappa shape index (κ1) is 18.2. The molecule has 4 heteroatoms. The summed E-state index contributed by atoms with van der Waals surface area (Å²) < 4.78 is 15.9. The Morgan fingerprint density at radius 3 is 2.41 bits per heavy atom. The Bertz CT molecular complexity index is 425. The summed E-state index contributed by atoms with van der Waals surface area (Å²) in [6.07, 6.45) is 4.95. The highest BCUT2D eigenvalue weighted by atomic mass is 16.5. The lowest BCUT2D eigenvalue weighted by atomic mass is 10.1. The van der Waals surface area contributed by atoms with Crippen LogP contribution in [0.5, 0.6) is 5.75 Å². The van der Waals surface area contributed by atoms with Crippen molar-refractivity contribution in [3.05, 3.63) is 42.5 Å². The van der Waals surface area contributed by atoms with Gasteiger partial charge in [0.15, 0.2) is 0 Å². The van der Waals surface area contributed by atoms with Crippen molar-refractivity contribution < 1.29 is 19.0 Å². The van der Waals surface area contributed by atoms with E-state index in [1.807, 2.05) is 12.1 Å². The summed E-state index contributed by atoms with van der Waals surface area (Å²) in [4.78, 5) is 10.8. The van der Waals surface area contributed by atoms with Gasteiger partial charge < -0.3 is 14.2 Å². The molecule has 0 aliphatic heterocycles. The number of rotatable bonds is 12. The zero-order valence-electron chi connectivity index (χ0n) is 13.4. The van der Waals surface area contributed by atoms with E-state index in [4.69, 9.17) is 14.2 Å². The molecule has 0 bridgehead atoms. The lowest BCUT2D eigenvalue weighted by Crippen LogP contribution is -2.07. The van der Waals surface area contributed by atoms with Gasteiger partial charge in [-0.05, 0) is 24.1 Å². The molecule has 0 aliphatic rings. The van der Waals surface area contributed by atoms with Crippen molar-refractivity contribution in [3.8, 4) is 5.75 Å². The molecule has 0 N–H and O–H groups in total. The van der Waals surface area contributed by atoms with Gasteiger partial charge in [-0.1, -0.05) is 32.1 Å². The lowest BCUT2D eigenvalue weighted by molar-refractivity contribution is -0.138. The maximum atomic E-state index is 10.8. The number of aryl methyl sites for hydroxylation is 1. The van der Waals surface area contributed by atoms with Crippen molar-refractivity contribution in [2.24, 2.45) is 0 Å². The third-order valence-corrected chi connectivity index (χ3v) is 3.01. The molecule has 0 spiro atoms. The Morgan fingerprint density at radius 2 is 1.77 bits per heavy atom. The third-order valence-electron chi connectivity index (χ3n) is 3.01. The van der Waals surface area contributed by atoms with E-state index in [2.05, 4.69) is 25.6 Å². The van der Waals surface area contributed by atoms with Crippen LogP contribution in [0.4, 0.5) is 0 Å². The van der Waals surface area contributed by atoms with Gasteiger partial charge in [-0.3, -0.25) is 0 Å². The summed E-state index contributed by atoms with van der Waals surface area (Å²) >= 11 is 0. The van der Waals surface area contributed by atoms with E-state index in [0.717, 1.165) is 31.1 Å². The minimum atomic E-state index is -0.390. The maximum absolute atomic E-state index is 10.8. The Balaban J connectivity index is 1.97. The Hall–Kier alpha value is -1.81. The molecule has 0 aromatic heterocycles. The number of hydrogen-bond acceptors (Lipinski definition) is 4. The quantitative estimate of drug-likeness (QED) is 0.336. The van der Waals surface area contributed by atoms with Crippen LogP contribution in [0.2, 0.25) is 0 Å². The summed E-state index contributed by atoms with van der Waals surface area (Å²) in [6, 6.07) is 8.25. The van der Waals surface area contributed by atoms with Gasteiger partial charge >= 0.3 is 5.97 Å². The van der Waals surface area contributed by atoms with Crippen LogP contribution in [0.1, 0.15) is 31.7 Å². The Kier molecular flexibility index (Phi) is 9.79. The number of carbonyl (C=O) groups is 1. The average molecular weight is 306 g/mol. The molecule has 0 amide bonds. The highest BCUT2D eigenvalue weighted by molar-refractivity contribution is 5.81. The van der Waals surface area contributed by atoms with E-state index in [-0.39, 0.29) is 0 Å². The summed E-state index contributed by atoms with van der Waals surface area (Å²) in [5.41, 5.74) is 1.34. The summed E-state index contributed by atoms with van der Waals surface area (Å²) in [6.45, 7) is 7.73. The number of carbonyl (C=O) groups excluding carboxylic acids is 1. The second-order valence-corrected chi connectivity index (χ2v) is 4.93. The van der Waals surface area contributed by atoms with Gasteiger partial charge in [0.25, 0.3) is 0 Å². The molecular formula is C18H26O4. The number of benzene rings is 1. The lowest BCUT2D eigenvalue weighted by Gasteiger charge is -2.08. The molecule has 0 fully saturated rings. The van der Waals surface area contributed by atoms with E-state index in [1.165, 1.54) is 5.56 Å². The summed E-state index contributed by atoms with van der Waals surface area (Å²) in [5, 5.41) is 0. The highest BCUT2D eigenvalue weighted by Crippen LogP contribution is 2.13. The second-order valence-electron chi connectivity index (χ2n) is 4.93. The van der Waals surface area contributed by atoms with E-state index in [9.17, 15) is 4.79 Å². The van der Waals surface area contributed by atoms with Crippen molar-refractivity contribution in [2.45, 2.75) is 32.6 Å². The molecule has 0 radical (unpaired) electrons. The number of hydrogen-bond donors (Lipinski definition) is 0. The molecule has 122 valence electrons.